The molecule has 0 aromatic heterocycles. The highest BCUT2D eigenvalue weighted by molar-refractivity contribution is 8.15. The van der Waals surface area contributed by atoms with Crippen molar-refractivity contribution in [2.75, 3.05) is 27.9 Å². The lowest BCUT2D eigenvalue weighted by atomic mass is 10.1. The number of methoxy groups -OCH3 is 2. The summed E-state index contributed by atoms with van der Waals surface area (Å²) in [7, 11) is 4.64. The standard InChI is InChI=1S/C24H27N3O6S/c1-5-33-23(30)16-7-9-17(10-8-16)26-24-27(22(29)20(34-24)13-21(28)25-2)14-15-6-11-18(31-3)19(12-15)32-4/h6-12,20H,5,13-14H2,1-4H3,(H,25,28). The zero-order valence-electron chi connectivity index (χ0n) is 19.5. The molecule has 1 fully saturated rings. The van der Waals surface area contributed by atoms with Gasteiger partial charge in [0, 0.05) is 13.5 Å². The number of hydrogen-bond donors (Lipinski definition) is 1. The van der Waals surface area contributed by atoms with Crippen LogP contribution in [0.2, 0.25) is 0 Å². The number of amidine groups is 1. The summed E-state index contributed by atoms with van der Waals surface area (Å²) in [5.74, 6) is 0.297. The predicted octanol–water partition coefficient (Wildman–Crippen LogP) is 3.15. The lowest BCUT2D eigenvalue weighted by Crippen LogP contribution is -2.33. The second kappa shape index (κ2) is 11.6. The number of carbonyl (C=O) groups is 3. The molecule has 2 aromatic rings. The maximum atomic E-state index is 13.2. The number of benzene rings is 2. The first kappa shape index (κ1) is 25.1. The molecule has 180 valence electrons. The molecule has 0 saturated carbocycles. The van der Waals surface area contributed by atoms with E-state index in [1.807, 2.05) is 6.07 Å². The van der Waals surface area contributed by atoms with Gasteiger partial charge in [0.1, 0.15) is 5.25 Å². The Morgan fingerprint density at radius 2 is 1.79 bits per heavy atom. The number of thioether (sulfide) groups is 1. The van der Waals surface area contributed by atoms with E-state index in [4.69, 9.17) is 14.2 Å². The van der Waals surface area contributed by atoms with E-state index in [2.05, 4.69) is 10.3 Å². The predicted molar refractivity (Wildman–Crippen MR) is 130 cm³/mol. The van der Waals surface area contributed by atoms with Crippen LogP contribution < -0.4 is 14.8 Å². The normalized spacial score (nSPS) is 16.5. The van der Waals surface area contributed by atoms with Crippen LogP contribution in [0.3, 0.4) is 0 Å². The summed E-state index contributed by atoms with van der Waals surface area (Å²) in [5.41, 5.74) is 1.81. The van der Waals surface area contributed by atoms with Crippen LogP contribution >= 0.6 is 11.8 Å². The molecule has 1 aliphatic rings. The largest absolute Gasteiger partial charge is 0.493 e. The minimum absolute atomic E-state index is 0.0449. The third-order valence-electron chi connectivity index (χ3n) is 5.06. The lowest BCUT2D eigenvalue weighted by molar-refractivity contribution is -0.129. The molecule has 1 heterocycles. The van der Waals surface area contributed by atoms with Crippen molar-refractivity contribution in [3.05, 3.63) is 53.6 Å². The Morgan fingerprint density at radius 3 is 2.41 bits per heavy atom. The van der Waals surface area contributed by atoms with E-state index in [0.717, 1.165) is 5.56 Å². The van der Waals surface area contributed by atoms with Crippen LogP contribution in [-0.2, 0) is 20.9 Å². The number of carbonyl (C=O) groups excluding carboxylic acids is 3. The van der Waals surface area contributed by atoms with Gasteiger partial charge < -0.3 is 19.5 Å². The molecule has 0 spiro atoms. The summed E-state index contributed by atoms with van der Waals surface area (Å²) >= 11 is 1.24. The van der Waals surface area contributed by atoms with Crippen LogP contribution in [0.1, 0.15) is 29.3 Å². The van der Waals surface area contributed by atoms with Crippen LogP contribution in [0.25, 0.3) is 0 Å². The molecular weight excluding hydrogens is 458 g/mol. The van der Waals surface area contributed by atoms with Crippen LogP contribution in [0.4, 0.5) is 5.69 Å². The Kier molecular flexibility index (Phi) is 8.53. The number of aliphatic imine (C=N–C) groups is 1. The van der Waals surface area contributed by atoms with Gasteiger partial charge in [0.25, 0.3) is 0 Å². The van der Waals surface area contributed by atoms with Crippen molar-refractivity contribution >= 4 is 40.4 Å². The third kappa shape index (κ3) is 5.88. The highest BCUT2D eigenvalue weighted by atomic mass is 32.2. The van der Waals surface area contributed by atoms with Gasteiger partial charge >= 0.3 is 5.97 Å². The third-order valence-corrected chi connectivity index (χ3v) is 6.24. The molecule has 0 bridgehead atoms. The Balaban J connectivity index is 1.90. The van der Waals surface area contributed by atoms with Crippen molar-refractivity contribution in [3.8, 4) is 11.5 Å². The number of rotatable bonds is 9. The summed E-state index contributed by atoms with van der Waals surface area (Å²) < 4.78 is 15.7. The topological polar surface area (TPSA) is 107 Å². The Bertz CT molecular complexity index is 1090. The minimum atomic E-state index is -0.586. The van der Waals surface area contributed by atoms with Crippen molar-refractivity contribution in [1.82, 2.24) is 10.2 Å². The van der Waals surface area contributed by atoms with Gasteiger partial charge in [-0.05, 0) is 48.9 Å². The number of hydrogen-bond acceptors (Lipinski definition) is 8. The average molecular weight is 486 g/mol. The SMILES string of the molecule is CCOC(=O)c1ccc(N=C2SC(CC(=O)NC)C(=O)N2Cc2ccc(OC)c(OC)c2)cc1. The first-order valence-corrected chi connectivity index (χ1v) is 11.5. The summed E-state index contributed by atoms with van der Waals surface area (Å²) in [6.07, 6.45) is 0.0449. The van der Waals surface area contributed by atoms with Gasteiger partial charge in [-0.1, -0.05) is 17.8 Å². The first-order chi connectivity index (χ1) is 16.4. The van der Waals surface area contributed by atoms with Crippen molar-refractivity contribution in [2.24, 2.45) is 4.99 Å². The monoisotopic (exact) mass is 485 g/mol. The number of ether oxygens (including phenoxy) is 3. The maximum Gasteiger partial charge on any atom is 0.338 e. The van der Waals surface area contributed by atoms with E-state index in [1.54, 1.807) is 62.4 Å². The van der Waals surface area contributed by atoms with E-state index in [-0.39, 0.29) is 24.8 Å². The fourth-order valence-corrected chi connectivity index (χ4v) is 4.46. The van der Waals surface area contributed by atoms with Gasteiger partial charge in [-0.3, -0.25) is 14.5 Å². The molecule has 0 aliphatic carbocycles. The highest BCUT2D eigenvalue weighted by Gasteiger charge is 2.39. The number of nitrogens with zero attached hydrogens (tertiary/aromatic N) is 2. The van der Waals surface area contributed by atoms with Crippen molar-refractivity contribution in [2.45, 2.75) is 25.1 Å². The van der Waals surface area contributed by atoms with Gasteiger partial charge in [-0.15, -0.1) is 0 Å². The molecule has 10 heteroatoms. The van der Waals surface area contributed by atoms with Crippen LogP contribution in [0.15, 0.2) is 47.5 Å². The molecule has 34 heavy (non-hydrogen) atoms. The summed E-state index contributed by atoms with van der Waals surface area (Å²) in [6.45, 7) is 2.28. The van der Waals surface area contributed by atoms with E-state index in [1.165, 1.54) is 18.8 Å². The van der Waals surface area contributed by atoms with E-state index >= 15 is 0 Å². The molecule has 9 nitrogen and oxygen atoms in total. The molecule has 2 amide bonds. The lowest BCUT2D eigenvalue weighted by Gasteiger charge is -2.18. The zero-order valence-corrected chi connectivity index (χ0v) is 20.3. The summed E-state index contributed by atoms with van der Waals surface area (Å²) in [5, 5.41) is 2.44. The molecule has 1 unspecified atom stereocenters. The second-order valence-electron chi connectivity index (χ2n) is 7.26. The van der Waals surface area contributed by atoms with Crippen molar-refractivity contribution < 1.29 is 28.6 Å². The van der Waals surface area contributed by atoms with Gasteiger partial charge in [-0.2, -0.15) is 0 Å². The highest BCUT2D eigenvalue weighted by Crippen LogP contribution is 2.34. The Labute approximate surface area is 202 Å². The van der Waals surface area contributed by atoms with Gasteiger partial charge in [0.15, 0.2) is 16.7 Å². The fraction of sp³-hybridized carbons (Fsp3) is 0.333. The first-order valence-electron chi connectivity index (χ1n) is 10.7. The molecule has 0 radical (unpaired) electrons. The van der Waals surface area contributed by atoms with E-state index in [9.17, 15) is 14.4 Å². The van der Waals surface area contributed by atoms with Crippen molar-refractivity contribution in [3.63, 3.8) is 0 Å². The smallest absolute Gasteiger partial charge is 0.338 e. The Hall–Kier alpha value is -3.53. The molecule has 2 aromatic carbocycles. The van der Waals surface area contributed by atoms with Crippen LogP contribution in [0, 0.1) is 0 Å². The molecule has 1 atom stereocenters. The van der Waals surface area contributed by atoms with E-state index < -0.39 is 11.2 Å². The van der Waals surface area contributed by atoms with Crippen LogP contribution in [-0.4, -0.2) is 61.0 Å². The summed E-state index contributed by atoms with van der Waals surface area (Å²) in [6, 6.07) is 12.0. The zero-order chi connectivity index (χ0) is 24.7. The maximum absolute atomic E-state index is 13.2. The van der Waals surface area contributed by atoms with E-state index in [0.29, 0.717) is 34.5 Å². The van der Waals surface area contributed by atoms with Crippen molar-refractivity contribution in [1.29, 1.82) is 0 Å². The molecule has 1 N–H and O–H groups in total. The molecular formula is C24H27N3O6S. The number of amides is 2. The number of nitrogens with one attached hydrogen (secondary N) is 1. The summed E-state index contributed by atoms with van der Waals surface area (Å²) in [4.78, 5) is 43.2. The minimum Gasteiger partial charge on any atom is -0.493 e. The van der Waals surface area contributed by atoms with Crippen LogP contribution in [0.5, 0.6) is 11.5 Å². The van der Waals surface area contributed by atoms with Gasteiger partial charge in [0.05, 0.1) is 38.6 Å². The average Bonchev–Trinajstić information content (AvgIpc) is 3.13. The van der Waals surface area contributed by atoms with Gasteiger partial charge in [0.2, 0.25) is 11.8 Å². The Morgan fingerprint density at radius 1 is 1.09 bits per heavy atom. The second-order valence-corrected chi connectivity index (χ2v) is 8.43. The molecule has 1 saturated heterocycles. The number of esters is 1. The quantitative estimate of drug-likeness (QED) is 0.544. The molecule has 3 rings (SSSR count). The van der Waals surface area contributed by atoms with Gasteiger partial charge in [-0.25, -0.2) is 9.79 Å². The fourth-order valence-electron chi connectivity index (χ4n) is 3.30. The molecule has 1 aliphatic heterocycles.